The monoisotopic (exact) mass is 192 g/mol. The van der Waals surface area contributed by atoms with Gasteiger partial charge in [-0.2, -0.15) is 0 Å². The van der Waals surface area contributed by atoms with Crippen LogP contribution in [0.3, 0.4) is 0 Å². The van der Waals surface area contributed by atoms with Crippen molar-refractivity contribution < 1.29 is 0 Å². The van der Waals surface area contributed by atoms with Crippen molar-refractivity contribution in [2.75, 3.05) is 0 Å². The Labute approximate surface area is 81.8 Å². The van der Waals surface area contributed by atoms with Crippen LogP contribution in [-0.2, 0) is 6.42 Å². The summed E-state index contributed by atoms with van der Waals surface area (Å²) in [6.45, 7) is 2.22. The van der Waals surface area contributed by atoms with Crippen LogP contribution in [0, 0.1) is 0 Å². The Morgan fingerprint density at radius 3 is 3.15 bits per heavy atom. The lowest BCUT2D eigenvalue weighted by atomic mass is 10.1. The maximum atomic E-state index is 4.01. The van der Waals surface area contributed by atoms with Crippen molar-refractivity contribution in [2.45, 2.75) is 26.2 Å². The molecule has 0 radical (unpaired) electrons. The van der Waals surface area contributed by atoms with Crippen LogP contribution in [0.2, 0.25) is 0 Å². The van der Waals surface area contributed by atoms with E-state index < -0.39 is 0 Å². The van der Waals surface area contributed by atoms with E-state index in [2.05, 4.69) is 34.7 Å². The second kappa shape index (κ2) is 3.83. The Balaban J connectivity index is 2.26. The number of rotatable bonds is 3. The maximum absolute atomic E-state index is 4.01. The number of hydrogen-bond acceptors (Lipinski definition) is 3. The van der Waals surface area contributed by atoms with Gasteiger partial charge in [0.25, 0.3) is 0 Å². The van der Waals surface area contributed by atoms with Gasteiger partial charge < -0.3 is 0 Å². The van der Waals surface area contributed by atoms with Gasteiger partial charge in [0.15, 0.2) is 0 Å². The van der Waals surface area contributed by atoms with E-state index in [0.29, 0.717) is 0 Å². The quantitative estimate of drug-likeness (QED) is 0.747. The molecule has 68 valence electrons. The van der Waals surface area contributed by atoms with E-state index >= 15 is 0 Å². The van der Waals surface area contributed by atoms with Crippen molar-refractivity contribution in [2.24, 2.45) is 0 Å². The summed E-state index contributed by atoms with van der Waals surface area (Å²) in [5.41, 5.74) is 2.42. The zero-order valence-electron chi connectivity index (χ0n) is 7.66. The van der Waals surface area contributed by atoms with Crippen molar-refractivity contribution in [1.82, 2.24) is 9.59 Å². The molecule has 13 heavy (non-hydrogen) atoms. The zero-order valence-corrected chi connectivity index (χ0v) is 8.47. The number of aromatic nitrogens is 2. The molecule has 0 saturated heterocycles. The highest BCUT2D eigenvalue weighted by atomic mass is 32.1. The van der Waals surface area contributed by atoms with Gasteiger partial charge in [-0.05, 0) is 42.1 Å². The number of nitrogens with zero attached hydrogens (tertiary/aromatic N) is 2. The van der Waals surface area contributed by atoms with Crippen LogP contribution in [0.1, 0.15) is 25.3 Å². The fourth-order valence-electron chi connectivity index (χ4n) is 1.36. The molecule has 0 fully saturated rings. The largest absolute Gasteiger partial charge is 0.138 e. The highest BCUT2D eigenvalue weighted by Gasteiger charge is 1.99. The lowest BCUT2D eigenvalue weighted by molar-refractivity contribution is 0.796. The van der Waals surface area contributed by atoms with Gasteiger partial charge in [0, 0.05) is 0 Å². The summed E-state index contributed by atoms with van der Waals surface area (Å²) in [7, 11) is 0. The smallest absolute Gasteiger partial charge is 0.105 e. The van der Waals surface area contributed by atoms with E-state index in [1.165, 1.54) is 41.1 Å². The third-order valence-electron chi connectivity index (χ3n) is 2.13. The maximum Gasteiger partial charge on any atom is 0.105 e. The van der Waals surface area contributed by atoms with Crippen molar-refractivity contribution in [1.29, 1.82) is 0 Å². The molecule has 0 atom stereocenters. The molecule has 0 aliphatic heterocycles. The third-order valence-corrected chi connectivity index (χ3v) is 2.82. The first-order valence-electron chi connectivity index (χ1n) is 4.61. The van der Waals surface area contributed by atoms with Crippen LogP contribution >= 0.6 is 11.5 Å². The van der Waals surface area contributed by atoms with E-state index in [9.17, 15) is 0 Å². The van der Waals surface area contributed by atoms with E-state index in [-0.39, 0.29) is 0 Å². The molecule has 0 spiro atoms. The van der Waals surface area contributed by atoms with Crippen molar-refractivity contribution in [3.63, 3.8) is 0 Å². The molecule has 2 nitrogen and oxygen atoms in total. The molecule has 0 unspecified atom stereocenters. The Kier molecular flexibility index (Phi) is 2.54. The standard InChI is InChI=1S/C10H12N2S/c1-2-3-4-8-5-6-9-10(7-8)13-12-11-9/h5-7H,2-4H2,1H3. The van der Waals surface area contributed by atoms with Crippen molar-refractivity contribution in [3.8, 4) is 0 Å². The van der Waals surface area contributed by atoms with Crippen molar-refractivity contribution in [3.05, 3.63) is 23.8 Å². The minimum absolute atomic E-state index is 1.02. The van der Waals surface area contributed by atoms with Gasteiger partial charge in [-0.1, -0.05) is 23.9 Å². The third kappa shape index (κ3) is 1.86. The first-order chi connectivity index (χ1) is 6.40. The first kappa shape index (κ1) is 8.63. The molecule has 0 aliphatic rings. The SMILES string of the molecule is CCCCc1ccc2nnsc2c1. The minimum atomic E-state index is 1.02. The lowest BCUT2D eigenvalue weighted by Crippen LogP contribution is -1.83. The molecule has 1 aromatic carbocycles. The van der Waals surface area contributed by atoms with Gasteiger partial charge in [-0.3, -0.25) is 0 Å². The predicted octanol–water partition coefficient (Wildman–Crippen LogP) is 3.03. The van der Waals surface area contributed by atoms with E-state index in [1.807, 2.05) is 0 Å². The van der Waals surface area contributed by atoms with Gasteiger partial charge in [-0.15, -0.1) is 5.10 Å². The zero-order chi connectivity index (χ0) is 9.10. The number of unbranched alkanes of at least 4 members (excludes halogenated alkanes) is 1. The van der Waals surface area contributed by atoms with Gasteiger partial charge in [-0.25, -0.2) is 0 Å². The van der Waals surface area contributed by atoms with Gasteiger partial charge in [0.2, 0.25) is 0 Å². The Morgan fingerprint density at radius 2 is 2.31 bits per heavy atom. The summed E-state index contributed by atoms with van der Waals surface area (Å²) in [5, 5.41) is 4.01. The molecule has 0 amide bonds. The summed E-state index contributed by atoms with van der Waals surface area (Å²) in [4.78, 5) is 0. The van der Waals surface area contributed by atoms with Crippen LogP contribution in [0.4, 0.5) is 0 Å². The van der Waals surface area contributed by atoms with Crippen LogP contribution in [-0.4, -0.2) is 9.59 Å². The van der Waals surface area contributed by atoms with Gasteiger partial charge >= 0.3 is 0 Å². The molecule has 2 aromatic rings. The Hall–Kier alpha value is -0.960. The van der Waals surface area contributed by atoms with Crippen LogP contribution in [0.5, 0.6) is 0 Å². The molecule has 3 heteroatoms. The molecule has 2 rings (SSSR count). The molecule has 0 aliphatic carbocycles. The first-order valence-corrected chi connectivity index (χ1v) is 5.38. The summed E-state index contributed by atoms with van der Waals surface area (Å²) < 4.78 is 5.12. The number of benzene rings is 1. The van der Waals surface area contributed by atoms with Crippen LogP contribution in [0.15, 0.2) is 18.2 Å². The highest BCUT2D eigenvalue weighted by molar-refractivity contribution is 7.12. The second-order valence-electron chi connectivity index (χ2n) is 3.18. The average Bonchev–Trinajstić information content (AvgIpc) is 2.61. The summed E-state index contributed by atoms with van der Waals surface area (Å²) in [6, 6.07) is 6.42. The van der Waals surface area contributed by atoms with Gasteiger partial charge in [0.05, 0.1) is 4.70 Å². The highest BCUT2D eigenvalue weighted by Crippen LogP contribution is 2.17. The second-order valence-corrected chi connectivity index (χ2v) is 3.96. The molecule has 0 bridgehead atoms. The normalized spacial score (nSPS) is 10.8. The van der Waals surface area contributed by atoms with Crippen LogP contribution in [0.25, 0.3) is 10.2 Å². The molecule has 0 saturated carbocycles. The van der Waals surface area contributed by atoms with Crippen LogP contribution < -0.4 is 0 Å². The number of aryl methyl sites for hydroxylation is 1. The topological polar surface area (TPSA) is 25.8 Å². The number of hydrogen-bond donors (Lipinski definition) is 0. The Morgan fingerprint density at radius 1 is 1.38 bits per heavy atom. The van der Waals surface area contributed by atoms with E-state index in [4.69, 9.17) is 0 Å². The molecular formula is C10H12N2S. The van der Waals surface area contributed by atoms with E-state index in [0.717, 1.165) is 5.52 Å². The fraction of sp³-hybridized carbons (Fsp3) is 0.400. The molecule has 0 N–H and O–H groups in total. The molecular weight excluding hydrogens is 180 g/mol. The molecule has 1 heterocycles. The fourth-order valence-corrected chi connectivity index (χ4v) is 1.98. The predicted molar refractivity (Wildman–Crippen MR) is 56.0 cm³/mol. The summed E-state index contributed by atoms with van der Waals surface area (Å²) >= 11 is 1.47. The summed E-state index contributed by atoms with van der Waals surface area (Å²) in [6.07, 6.45) is 3.68. The average molecular weight is 192 g/mol. The van der Waals surface area contributed by atoms with E-state index in [1.54, 1.807) is 0 Å². The van der Waals surface area contributed by atoms with Crippen molar-refractivity contribution >= 4 is 21.7 Å². The minimum Gasteiger partial charge on any atom is -0.138 e. The summed E-state index contributed by atoms with van der Waals surface area (Å²) in [5.74, 6) is 0. The van der Waals surface area contributed by atoms with Gasteiger partial charge in [0.1, 0.15) is 5.52 Å². The lowest BCUT2D eigenvalue weighted by Gasteiger charge is -1.97. The number of fused-ring (bicyclic) bond motifs is 1. The molecule has 1 aromatic heterocycles. The Bertz CT molecular complexity index is 394.